The van der Waals surface area contributed by atoms with Crippen molar-refractivity contribution in [3.8, 4) is 33.8 Å². The molecule has 4 nitrogen and oxygen atoms in total. The fraction of sp³-hybridized carbons (Fsp3) is 0.0513. The van der Waals surface area contributed by atoms with E-state index in [1.54, 1.807) is 0 Å². The normalized spacial score (nSPS) is 14.1. The van der Waals surface area contributed by atoms with E-state index in [9.17, 15) is 0 Å². The van der Waals surface area contributed by atoms with Crippen LogP contribution in [0.1, 0.15) is 39.6 Å². The van der Waals surface area contributed by atoms with Crippen LogP contribution in [0.25, 0.3) is 22.3 Å². The molecule has 0 amide bonds. The van der Waals surface area contributed by atoms with E-state index in [0.29, 0.717) is 5.56 Å². The van der Waals surface area contributed by atoms with Crippen molar-refractivity contribution in [3.63, 3.8) is 0 Å². The van der Waals surface area contributed by atoms with Crippen LogP contribution < -0.4 is 10.5 Å². The van der Waals surface area contributed by atoms with Crippen LogP contribution in [0.2, 0.25) is 0 Å². The van der Waals surface area contributed by atoms with Gasteiger partial charge in [-0.3, -0.25) is 11.1 Å². The molecule has 3 N–H and O–H groups in total. The minimum absolute atomic E-state index is 0.0290. The highest BCUT2D eigenvalue weighted by atomic mass is 16.5. The summed E-state index contributed by atoms with van der Waals surface area (Å²) in [6, 6.07) is 49.7. The molecule has 1 aliphatic heterocycles. The Balaban J connectivity index is 1.24. The molecule has 0 bridgehead atoms. The zero-order valence-corrected chi connectivity index (χ0v) is 23.3. The summed E-state index contributed by atoms with van der Waals surface area (Å²) in [7, 11) is 0. The molecule has 8 rings (SSSR count). The topological polar surface area (TPSA) is 68.3 Å². The number of ether oxygens (including phenoxy) is 2. The zero-order valence-electron chi connectivity index (χ0n) is 23.3. The van der Waals surface area contributed by atoms with Crippen molar-refractivity contribution >= 4 is 5.90 Å². The predicted molar refractivity (Wildman–Crippen MR) is 171 cm³/mol. The molecular formula is C39H28N2O2. The minimum Gasteiger partial charge on any atom is -0.456 e. The molecule has 6 aromatic carbocycles. The van der Waals surface area contributed by atoms with Crippen LogP contribution in [0.15, 0.2) is 146 Å². The molecule has 43 heavy (non-hydrogen) atoms. The Labute approximate surface area is 250 Å². The van der Waals surface area contributed by atoms with E-state index in [4.69, 9.17) is 20.6 Å². The van der Waals surface area contributed by atoms with Crippen LogP contribution >= 0.6 is 0 Å². The van der Waals surface area contributed by atoms with E-state index in [1.165, 1.54) is 22.3 Å². The summed E-state index contributed by atoms with van der Waals surface area (Å²) in [5.41, 5.74) is 16.5. The van der Waals surface area contributed by atoms with E-state index in [2.05, 4.69) is 84.9 Å². The molecule has 1 unspecified atom stereocenters. The van der Waals surface area contributed by atoms with Crippen LogP contribution in [0.5, 0.6) is 11.5 Å². The second-order valence-electron chi connectivity index (χ2n) is 11.0. The van der Waals surface area contributed by atoms with Crippen molar-refractivity contribution in [2.75, 3.05) is 0 Å². The fourth-order valence-electron chi connectivity index (χ4n) is 6.81. The summed E-state index contributed by atoms with van der Waals surface area (Å²) < 4.78 is 12.5. The molecule has 2 aliphatic rings. The van der Waals surface area contributed by atoms with E-state index < -0.39 is 11.6 Å². The highest BCUT2D eigenvalue weighted by Gasteiger charge is 2.51. The summed E-state index contributed by atoms with van der Waals surface area (Å²) in [6.07, 6.45) is -0.712. The van der Waals surface area contributed by atoms with Gasteiger partial charge in [0.25, 0.3) is 0 Å². The first-order chi connectivity index (χ1) is 21.2. The Morgan fingerprint density at radius 3 is 1.84 bits per heavy atom. The SMILES string of the molecule is N=C(OC(N)c1ccccc1)c1ccc(-c2cccc3c2Oc2ccccc2C32c3ccccc3-c3ccccc32)cc1. The first kappa shape index (κ1) is 25.3. The van der Waals surface area contributed by atoms with E-state index in [0.717, 1.165) is 39.3 Å². The van der Waals surface area contributed by atoms with Crippen molar-refractivity contribution in [2.45, 2.75) is 11.6 Å². The van der Waals surface area contributed by atoms with Gasteiger partial charge >= 0.3 is 0 Å². The van der Waals surface area contributed by atoms with Gasteiger partial charge in [0.05, 0.1) is 5.41 Å². The van der Waals surface area contributed by atoms with Gasteiger partial charge in [-0.2, -0.15) is 0 Å². The van der Waals surface area contributed by atoms with E-state index in [1.807, 2.05) is 60.7 Å². The maximum Gasteiger partial charge on any atom is 0.215 e. The van der Waals surface area contributed by atoms with Crippen molar-refractivity contribution in [2.24, 2.45) is 5.73 Å². The monoisotopic (exact) mass is 556 g/mol. The minimum atomic E-state index is -0.712. The van der Waals surface area contributed by atoms with Gasteiger partial charge in [-0.15, -0.1) is 0 Å². The lowest BCUT2D eigenvalue weighted by Crippen LogP contribution is -2.32. The molecule has 4 heteroatoms. The maximum atomic E-state index is 8.54. The first-order valence-corrected chi connectivity index (χ1v) is 14.4. The van der Waals surface area contributed by atoms with E-state index >= 15 is 0 Å². The van der Waals surface area contributed by atoms with Gasteiger partial charge in [0.1, 0.15) is 11.5 Å². The van der Waals surface area contributed by atoms with Gasteiger partial charge in [0, 0.05) is 27.8 Å². The van der Waals surface area contributed by atoms with E-state index in [-0.39, 0.29) is 5.90 Å². The standard InChI is InChI=1S/C39H28N2O2/c40-37(26-11-2-1-3-12-26)43-38(41)27-23-21-25(22-24-27)28-15-10-19-34-36(28)42-35-20-9-8-18-33(35)39(34)31-16-6-4-13-29(31)30-14-5-7-17-32(30)39/h1-24,37,41H,40H2. The lowest BCUT2D eigenvalue weighted by Gasteiger charge is -2.40. The van der Waals surface area contributed by atoms with Gasteiger partial charge in [0.15, 0.2) is 6.23 Å². The summed E-state index contributed by atoms with van der Waals surface area (Å²) in [5, 5.41) is 8.54. The Bertz CT molecular complexity index is 1970. The quantitative estimate of drug-likeness (QED) is 0.129. The zero-order chi connectivity index (χ0) is 29.0. The second kappa shape index (κ2) is 9.83. The van der Waals surface area contributed by atoms with Crippen molar-refractivity contribution in [1.29, 1.82) is 5.41 Å². The van der Waals surface area contributed by atoms with Crippen LogP contribution in [-0.2, 0) is 10.2 Å². The Morgan fingerprint density at radius 2 is 1.14 bits per heavy atom. The third-order valence-corrected chi connectivity index (χ3v) is 8.71. The molecule has 1 spiro atoms. The Kier molecular flexibility index (Phi) is 5.78. The van der Waals surface area contributed by atoms with Gasteiger partial charge in [0.2, 0.25) is 5.90 Å². The number of hydrogen-bond acceptors (Lipinski definition) is 4. The molecule has 0 saturated carbocycles. The maximum absolute atomic E-state index is 8.54. The average Bonchev–Trinajstić information content (AvgIpc) is 3.36. The lowest BCUT2D eigenvalue weighted by molar-refractivity contribution is 0.199. The number of benzene rings is 6. The third-order valence-electron chi connectivity index (χ3n) is 8.71. The van der Waals surface area contributed by atoms with Gasteiger partial charge in [-0.1, -0.05) is 127 Å². The van der Waals surface area contributed by atoms with Crippen LogP contribution in [0.3, 0.4) is 0 Å². The number of nitrogens with two attached hydrogens (primary N) is 1. The summed E-state index contributed by atoms with van der Waals surface area (Å²) in [5.74, 6) is 1.73. The first-order valence-electron chi connectivity index (χ1n) is 14.4. The molecule has 1 aliphatic carbocycles. The number of nitrogens with one attached hydrogen (secondary N) is 1. The van der Waals surface area contributed by atoms with Crippen LogP contribution in [0.4, 0.5) is 0 Å². The average molecular weight is 557 g/mol. The summed E-state index contributed by atoms with van der Waals surface area (Å²) in [6.45, 7) is 0. The highest BCUT2D eigenvalue weighted by Crippen LogP contribution is 2.63. The summed E-state index contributed by atoms with van der Waals surface area (Å²) in [4.78, 5) is 0. The smallest absolute Gasteiger partial charge is 0.215 e. The van der Waals surface area contributed by atoms with Crippen molar-refractivity contribution < 1.29 is 9.47 Å². The summed E-state index contributed by atoms with van der Waals surface area (Å²) >= 11 is 0. The Hall–Kier alpha value is -5.45. The van der Waals surface area contributed by atoms with Crippen LogP contribution in [0, 0.1) is 5.41 Å². The van der Waals surface area contributed by atoms with Gasteiger partial charge < -0.3 is 9.47 Å². The molecule has 6 aromatic rings. The number of hydrogen-bond donors (Lipinski definition) is 2. The second-order valence-corrected chi connectivity index (χ2v) is 11.0. The van der Waals surface area contributed by atoms with Gasteiger partial charge in [-0.05, 0) is 46.0 Å². The molecule has 1 atom stereocenters. The Morgan fingerprint density at radius 1 is 0.581 bits per heavy atom. The number of fused-ring (bicyclic) bond motifs is 9. The molecule has 0 aromatic heterocycles. The molecule has 0 saturated heterocycles. The third kappa shape index (κ3) is 3.77. The predicted octanol–water partition coefficient (Wildman–Crippen LogP) is 8.82. The lowest BCUT2D eigenvalue weighted by atomic mass is 9.65. The molecular weight excluding hydrogens is 528 g/mol. The largest absolute Gasteiger partial charge is 0.456 e. The van der Waals surface area contributed by atoms with Crippen LogP contribution in [-0.4, -0.2) is 5.90 Å². The highest BCUT2D eigenvalue weighted by molar-refractivity contribution is 5.93. The molecule has 0 fully saturated rings. The molecule has 0 radical (unpaired) electrons. The van der Waals surface area contributed by atoms with Crippen molar-refractivity contribution in [1.82, 2.24) is 0 Å². The number of para-hydroxylation sites is 2. The fourth-order valence-corrected chi connectivity index (χ4v) is 6.81. The molecule has 206 valence electrons. The number of rotatable bonds is 4. The molecule has 1 heterocycles. The van der Waals surface area contributed by atoms with Gasteiger partial charge in [-0.25, -0.2) is 0 Å². The van der Waals surface area contributed by atoms with Crippen molar-refractivity contribution in [3.05, 3.63) is 179 Å².